The highest BCUT2D eigenvalue weighted by molar-refractivity contribution is 5.99. The number of amides is 2. The zero-order valence-electron chi connectivity index (χ0n) is 13.9. The summed E-state index contributed by atoms with van der Waals surface area (Å²) in [5, 5.41) is 2.77. The average molecular weight is 327 g/mol. The summed E-state index contributed by atoms with van der Waals surface area (Å²) in [7, 11) is 0. The molecule has 126 valence electrons. The van der Waals surface area contributed by atoms with Crippen LogP contribution in [0.5, 0.6) is 0 Å². The summed E-state index contributed by atoms with van der Waals surface area (Å²) in [5.74, 6) is 1.08. The Kier molecular flexibility index (Phi) is 4.64. The molecule has 2 aromatic rings. The Morgan fingerprint density at radius 2 is 2.04 bits per heavy atom. The first-order chi connectivity index (χ1) is 11.6. The van der Waals surface area contributed by atoms with E-state index in [-0.39, 0.29) is 11.8 Å². The van der Waals surface area contributed by atoms with Gasteiger partial charge in [-0.25, -0.2) is 4.98 Å². The zero-order chi connectivity index (χ0) is 17.1. The largest absolute Gasteiger partial charge is 0.448 e. The molecule has 1 fully saturated rings. The van der Waals surface area contributed by atoms with Crippen LogP contribution in [0.4, 0.5) is 5.69 Å². The van der Waals surface area contributed by atoms with Gasteiger partial charge in [0.1, 0.15) is 5.76 Å². The lowest BCUT2D eigenvalue weighted by atomic mass is 9.94. The Morgan fingerprint density at radius 1 is 1.29 bits per heavy atom. The first kappa shape index (κ1) is 16.2. The number of carbonyl (C=O) groups is 2. The molecule has 0 bridgehead atoms. The van der Waals surface area contributed by atoms with Gasteiger partial charge in [-0.2, -0.15) is 0 Å². The maximum atomic E-state index is 12.8. The van der Waals surface area contributed by atoms with Crippen LogP contribution in [0.3, 0.4) is 0 Å². The number of benzene rings is 1. The van der Waals surface area contributed by atoms with E-state index in [1.54, 1.807) is 12.3 Å². The Labute approximate surface area is 140 Å². The number of hydrogen-bond donors (Lipinski definition) is 1. The highest BCUT2D eigenvalue weighted by atomic mass is 16.3. The van der Waals surface area contributed by atoms with Crippen LogP contribution in [0.15, 0.2) is 35.2 Å². The fraction of sp³-hybridized carbons (Fsp3) is 0.389. The summed E-state index contributed by atoms with van der Waals surface area (Å²) in [6.07, 6.45) is 4.93. The monoisotopic (exact) mass is 327 g/mol. The van der Waals surface area contributed by atoms with Crippen molar-refractivity contribution in [3.8, 4) is 0 Å². The van der Waals surface area contributed by atoms with Gasteiger partial charge in [-0.1, -0.05) is 6.07 Å². The second kappa shape index (κ2) is 6.86. The van der Waals surface area contributed by atoms with Gasteiger partial charge in [-0.05, 0) is 37.5 Å². The molecule has 1 N–H and O–H groups in total. The molecule has 24 heavy (non-hydrogen) atoms. The lowest BCUT2D eigenvalue weighted by Gasteiger charge is -2.31. The predicted molar refractivity (Wildman–Crippen MR) is 89.9 cm³/mol. The van der Waals surface area contributed by atoms with Gasteiger partial charge in [-0.15, -0.1) is 0 Å². The average Bonchev–Trinajstić information content (AvgIpc) is 3.10. The standard InChI is InChI=1S/C18H21N3O3/c1-12-15(4-3-5-16(12)20-13(2)22)18(23)21-8-6-14(7-9-21)17-10-19-11-24-17/h3-5,10-11,14H,6-9H2,1-2H3,(H,20,22). The minimum absolute atomic E-state index is 0.00993. The number of nitrogens with zero attached hydrogens (tertiary/aromatic N) is 2. The Morgan fingerprint density at radius 3 is 2.67 bits per heavy atom. The van der Waals surface area contributed by atoms with E-state index < -0.39 is 0 Å². The molecule has 2 heterocycles. The van der Waals surface area contributed by atoms with Crippen molar-refractivity contribution in [2.24, 2.45) is 0 Å². The van der Waals surface area contributed by atoms with Crippen molar-refractivity contribution >= 4 is 17.5 Å². The number of carbonyl (C=O) groups excluding carboxylic acids is 2. The molecule has 6 heteroatoms. The SMILES string of the molecule is CC(=O)Nc1cccc(C(=O)N2CCC(c3cnco3)CC2)c1C. The molecule has 3 rings (SSSR count). The van der Waals surface area contributed by atoms with Crippen molar-refractivity contribution in [2.75, 3.05) is 18.4 Å². The topological polar surface area (TPSA) is 75.4 Å². The molecule has 1 aliphatic rings. The van der Waals surface area contributed by atoms with Crippen molar-refractivity contribution in [3.05, 3.63) is 47.7 Å². The lowest BCUT2D eigenvalue weighted by molar-refractivity contribution is -0.114. The second-order valence-corrected chi connectivity index (χ2v) is 6.13. The fourth-order valence-electron chi connectivity index (χ4n) is 3.16. The third-order valence-electron chi connectivity index (χ3n) is 4.51. The van der Waals surface area contributed by atoms with Gasteiger partial charge in [0.15, 0.2) is 6.39 Å². The molecule has 1 aromatic heterocycles. The van der Waals surface area contributed by atoms with E-state index in [9.17, 15) is 9.59 Å². The number of piperidine rings is 1. The first-order valence-electron chi connectivity index (χ1n) is 8.11. The van der Waals surface area contributed by atoms with Crippen LogP contribution in [0, 0.1) is 6.92 Å². The molecule has 0 atom stereocenters. The number of aromatic nitrogens is 1. The Hall–Kier alpha value is -2.63. The molecule has 0 radical (unpaired) electrons. The Bertz CT molecular complexity index is 732. The van der Waals surface area contributed by atoms with Crippen LogP contribution < -0.4 is 5.32 Å². The minimum atomic E-state index is -0.143. The normalized spacial score (nSPS) is 15.3. The quantitative estimate of drug-likeness (QED) is 0.940. The van der Waals surface area contributed by atoms with Crippen molar-refractivity contribution < 1.29 is 14.0 Å². The van der Waals surface area contributed by atoms with Gasteiger partial charge in [0.25, 0.3) is 5.91 Å². The van der Waals surface area contributed by atoms with E-state index >= 15 is 0 Å². The number of nitrogens with one attached hydrogen (secondary N) is 1. The van der Waals surface area contributed by atoms with Gasteiger partial charge in [-0.3, -0.25) is 9.59 Å². The molecule has 1 aliphatic heterocycles. The van der Waals surface area contributed by atoms with E-state index in [2.05, 4.69) is 10.3 Å². The number of anilines is 1. The molecular formula is C18H21N3O3. The zero-order valence-corrected chi connectivity index (χ0v) is 13.9. The van der Waals surface area contributed by atoms with Gasteiger partial charge >= 0.3 is 0 Å². The van der Waals surface area contributed by atoms with Crippen LogP contribution in [0.2, 0.25) is 0 Å². The van der Waals surface area contributed by atoms with Crippen molar-refractivity contribution in [1.82, 2.24) is 9.88 Å². The molecule has 2 amide bonds. The summed E-state index contributed by atoms with van der Waals surface area (Å²) in [6, 6.07) is 5.42. The number of hydrogen-bond acceptors (Lipinski definition) is 4. The summed E-state index contributed by atoms with van der Waals surface area (Å²) in [6.45, 7) is 4.70. The van der Waals surface area contributed by atoms with Crippen LogP contribution in [0.25, 0.3) is 0 Å². The Balaban J connectivity index is 1.70. The van der Waals surface area contributed by atoms with Crippen molar-refractivity contribution in [1.29, 1.82) is 0 Å². The van der Waals surface area contributed by atoms with Crippen LogP contribution in [-0.2, 0) is 4.79 Å². The van der Waals surface area contributed by atoms with Gasteiger partial charge in [0, 0.05) is 37.2 Å². The number of rotatable bonds is 3. The van der Waals surface area contributed by atoms with Crippen molar-refractivity contribution in [2.45, 2.75) is 32.6 Å². The van der Waals surface area contributed by atoms with Crippen molar-refractivity contribution in [3.63, 3.8) is 0 Å². The second-order valence-electron chi connectivity index (χ2n) is 6.13. The smallest absolute Gasteiger partial charge is 0.254 e. The van der Waals surface area contributed by atoms with Gasteiger partial charge in [0.2, 0.25) is 5.91 Å². The summed E-state index contributed by atoms with van der Waals surface area (Å²) < 4.78 is 5.37. The maximum Gasteiger partial charge on any atom is 0.254 e. The van der Waals surface area contributed by atoms with Gasteiger partial charge < -0.3 is 14.6 Å². The van der Waals surface area contributed by atoms with E-state index in [0.717, 1.165) is 24.2 Å². The molecule has 1 aromatic carbocycles. The molecular weight excluding hydrogens is 306 g/mol. The van der Waals surface area contributed by atoms with E-state index in [1.165, 1.54) is 13.3 Å². The molecule has 0 unspecified atom stereocenters. The molecule has 1 saturated heterocycles. The lowest BCUT2D eigenvalue weighted by Crippen LogP contribution is -2.38. The van der Waals surface area contributed by atoms with E-state index in [1.807, 2.05) is 24.0 Å². The third kappa shape index (κ3) is 3.32. The third-order valence-corrected chi connectivity index (χ3v) is 4.51. The maximum absolute atomic E-state index is 12.8. The first-order valence-corrected chi connectivity index (χ1v) is 8.11. The highest BCUT2D eigenvalue weighted by Crippen LogP contribution is 2.29. The summed E-state index contributed by atoms with van der Waals surface area (Å²) in [4.78, 5) is 29.9. The summed E-state index contributed by atoms with van der Waals surface area (Å²) >= 11 is 0. The molecule has 0 saturated carbocycles. The molecule has 6 nitrogen and oxygen atoms in total. The number of likely N-dealkylation sites (tertiary alicyclic amines) is 1. The van der Waals surface area contributed by atoms with Crippen LogP contribution in [0.1, 0.15) is 47.4 Å². The van der Waals surface area contributed by atoms with E-state index in [0.29, 0.717) is 30.3 Å². The number of oxazole rings is 1. The van der Waals surface area contributed by atoms with Crippen LogP contribution in [-0.4, -0.2) is 34.8 Å². The molecule has 0 spiro atoms. The minimum Gasteiger partial charge on any atom is -0.448 e. The predicted octanol–water partition coefficient (Wildman–Crippen LogP) is 2.96. The molecule has 0 aliphatic carbocycles. The van der Waals surface area contributed by atoms with Crippen LogP contribution >= 0.6 is 0 Å². The van der Waals surface area contributed by atoms with E-state index in [4.69, 9.17) is 4.42 Å². The highest BCUT2D eigenvalue weighted by Gasteiger charge is 2.27. The summed E-state index contributed by atoms with van der Waals surface area (Å²) in [5.41, 5.74) is 2.12. The fourth-order valence-corrected chi connectivity index (χ4v) is 3.16. The van der Waals surface area contributed by atoms with Gasteiger partial charge in [0.05, 0.1) is 6.20 Å².